The molecule has 0 saturated heterocycles. The van der Waals surface area contributed by atoms with Crippen LogP contribution in [0.1, 0.15) is 6.42 Å². The summed E-state index contributed by atoms with van der Waals surface area (Å²) in [6.07, 6.45) is -2.92. The molecule has 72 valence electrons. The highest BCUT2D eigenvalue weighted by Gasteiger charge is 2.21. The quantitative estimate of drug-likeness (QED) is 0.318. The summed E-state index contributed by atoms with van der Waals surface area (Å²) in [5.41, 5.74) is 5.06. The fourth-order valence-corrected chi connectivity index (χ4v) is 0.640. The van der Waals surface area contributed by atoms with Gasteiger partial charge in [0.05, 0.1) is 12.7 Å². The first-order chi connectivity index (χ1) is 5.49. The molecule has 0 aliphatic heterocycles. The molecular weight excluding hydrogens is 166 g/mol. The number of hydrogen-bond acceptors (Lipinski definition) is 5. The van der Waals surface area contributed by atoms with Crippen molar-refractivity contribution < 1.29 is 25.2 Å². The van der Waals surface area contributed by atoms with Crippen LogP contribution in [-0.4, -0.2) is 51.3 Å². The molecule has 0 aromatic carbocycles. The van der Waals surface area contributed by atoms with Gasteiger partial charge in [0.15, 0.2) is 0 Å². The van der Waals surface area contributed by atoms with Crippen molar-refractivity contribution in [2.24, 2.45) is 5.73 Å². The van der Waals surface area contributed by atoms with Gasteiger partial charge in [-0.15, -0.1) is 0 Å². The predicted octanol–water partition coefficient (Wildman–Crippen LogP) is -2.50. The Labute approximate surface area is 69.2 Å². The van der Waals surface area contributed by atoms with E-state index < -0.39 is 30.8 Å². The minimum atomic E-state index is -1.34. The normalized spacial score (nSPS) is 18.3. The number of carboxylic acids is 1. The predicted molar refractivity (Wildman–Crippen MR) is 39.3 cm³/mol. The summed E-state index contributed by atoms with van der Waals surface area (Å²) in [5.74, 6) is -1.25. The average Bonchev–Trinajstić information content (AvgIpc) is 2.02. The maximum atomic E-state index is 10.2. The zero-order valence-corrected chi connectivity index (χ0v) is 6.42. The number of carbonyl (C=O) groups is 1. The average molecular weight is 179 g/mol. The number of nitrogens with two attached hydrogens (primary N) is 1. The van der Waals surface area contributed by atoms with Gasteiger partial charge in [0, 0.05) is 6.42 Å². The first kappa shape index (κ1) is 11.3. The lowest BCUT2D eigenvalue weighted by Gasteiger charge is -2.16. The lowest BCUT2D eigenvalue weighted by molar-refractivity contribution is -0.140. The van der Waals surface area contributed by atoms with Gasteiger partial charge in [-0.25, -0.2) is 0 Å². The zero-order chi connectivity index (χ0) is 9.72. The molecule has 0 aliphatic rings. The Morgan fingerprint density at radius 2 is 1.83 bits per heavy atom. The number of aliphatic hydroxyl groups is 3. The molecule has 0 aliphatic carbocycles. The first-order valence-electron chi connectivity index (χ1n) is 3.44. The molecule has 6 heteroatoms. The van der Waals surface area contributed by atoms with Crippen LogP contribution in [0.3, 0.4) is 0 Å². The summed E-state index contributed by atoms with van der Waals surface area (Å²) in [4.78, 5) is 10.2. The van der Waals surface area contributed by atoms with Crippen LogP contribution in [-0.2, 0) is 4.79 Å². The first-order valence-corrected chi connectivity index (χ1v) is 3.44. The molecule has 0 heterocycles. The van der Waals surface area contributed by atoms with Crippen molar-refractivity contribution in [2.75, 3.05) is 6.61 Å². The largest absolute Gasteiger partial charge is 0.480 e. The number of aliphatic carboxylic acids is 1. The third-order valence-corrected chi connectivity index (χ3v) is 1.44. The van der Waals surface area contributed by atoms with Gasteiger partial charge in [-0.2, -0.15) is 0 Å². The fraction of sp³-hybridized carbons (Fsp3) is 0.833. The molecule has 0 unspecified atom stereocenters. The van der Waals surface area contributed by atoms with Gasteiger partial charge in [0.1, 0.15) is 12.1 Å². The molecule has 0 aromatic heterocycles. The monoisotopic (exact) mass is 179 g/mol. The second-order valence-electron chi connectivity index (χ2n) is 2.50. The van der Waals surface area contributed by atoms with E-state index in [9.17, 15) is 4.79 Å². The summed E-state index contributed by atoms with van der Waals surface area (Å²) < 4.78 is 0. The van der Waals surface area contributed by atoms with Gasteiger partial charge >= 0.3 is 5.97 Å². The smallest absolute Gasteiger partial charge is 0.320 e. The van der Waals surface area contributed by atoms with Crippen molar-refractivity contribution in [3.05, 3.63) is 0 Å². The van der Waals surface area contributed by atoms with E-state index in [1.54, 1.807) is 0 Å². The summed E-state index contributed by atoms with van der Waals surface area (Å²) in [6, 6.07) is -1.22. The van der Waals surface area contributed by atoms with Crippen LogP contribution in [0.4, 0.5) is 0 Å². The van der Waals surface area contributed by atoms with Crippen LogP contribution in [0.2, 0.25) is 0 Å². The lowest BCUT2D eigenvalue weighted by Crippen LogP contribution is -2.39. The van der Waals surface area contributed by atoms with E-state index in [1.165, 1.54) is 0 Å². The molecule has 0 amide bonds. The summed E-state index contributed by atoms with van der Waals surface area (Å²) >= 11 is 0. The molecule has 0 spiro atoms. The Morgan fingerprint density at radius 1 is 1.33 bits per heavy atom. The third kappa shape index (κ3) is 3.63. The van der Waals surface area contributed by atoms with E-state index in [0.717, 1.165) is 0 Å². The number of rotatable bonds is 5. The van der Waals surface area contributed by atoms with E-state index >= 15 is 0 Å². The highest BCUT2D eigenvalue weighted by Crippen LogP contribution is 2.01. The Hall–Kier alpha value is -0.690. The molecule has 0 aromatic rings. The SMILES string of the molecule is N[C@H](C[C@H](O)[C@@H](O)CO)C(=O)O. The molecule has 12 heavy (non-hydrogen) atoms. The summed E-state index contributed by atoms with van der Waals surface area (Å²) in [6.45, 7) is -0.618. The van der Waals surface area contributed by atoms with E-state index in [4.69, 9.17) is 26.2 Å². The molecule has 0 rings (SSSR count). The standard InChI is InChI=1S/C6H13NO5/c7-3(6(11)12)1-4(9)5(10)2-8/h3-5,8-10H,1-2,7H2,(H,11,12)/t3-,4+,5+/m1/s1. The van der Waals surface area contributed by atoms with Crippen molar-refractivity contribution in [3.63, 3.8) is 0 Å². The highest BCUT2D eigenvalue weighted by atomic mass is 16.4. The Morgan fingerprint density at radius 3 is 2.17 bits per heavy atom. The maximum Gasteiger partial charge on any atom is 0.320 e. The third-order valence-electron chi connectivity index (χ3n) is 1.44. The zero-order valence-electron chi connectivity index (χ0n) is 6.42. The molecule has 6 nitrogen and oxygen atoms in total. The summed E-state index contributed by atoms with van der Waals surface area (Å²) in [7, 11) is 0. The molecule has 6 N–H and O–H groups in total. The minimum absolute atomic E-state index is 0.281. The molecule has 3 atom stereocenters. The topological polar surface area (TPSA) is 124 Å². The maximum absolute atomic E-state index is 10.2. The number of aliphatic hydroxyl groups excluding tert-OH is 3. The van der Waals surface area contributed by atoms with Gasteiger partial charge in [0.25, 0.3) is 0 Å². The molecular formula is C6H13NO5. The van der Waals surface area contributed by atoms with Crippen LogP contribution in [0.15, 0.2) is 0 Å². The van der Waals surface area contributed by atoms with Crippen LogP contribution in [0, 0.1) is 0 Å². The van der Waals surface area contributed by atoms with Gasteiger partial charge in [-0.3, -0.25) is 4.79 Å². The lowest BCUT2D eigenvalue weighted by atomic mass is 10.1. The van der Waals surface area contributed by atoms with E-state index in [-0.39, 0.29) is 6.42 Å². The summed E-state index contributed by atoms with van der Waals surface area (Å²) in [5, 5.41) is 34.5. The van der Waals surface area contributed by atoms with E-state index in [2.05, 4.69) is 0 Å². The van der Waals surface area contributed by atoms with Crippen LogP contribution < -0.4 is 5.73 Å². The van der Waals surface area contributed by atoms with Crippen molar-refractivity contribution in [1.82, 2.24) is 0 Å². The second-order valence-corrected chi connectivity index (χ2v) is 2.50. The van der Waals surface area contributed by atoms with Gasteiger partial charge in [0.2, 0.25) is 0 Å². The van der Waals surface area contributed by atoms with Crippen molar-refractivity contribution in [2.45, 2.75) is 24.7 Å². The fourth-order valence-electron chi connectivity index (χ4n) is 0.640. The van der Waals surface area contributed by atoms with Crippen LogP contribution in [0.25, 0.3) is 0 Å². The van der Waals surface area contributed by atoms with Gasteiger partial charge < -0.3 is 26.2 Å². The molecule has 0 radical (unpaired) electrons. The minimum Gasteiger partial charge on any atom is -0.480 e. The van der Waals surface area contributed by atoms with Crippen molar-refractivity contribution in [1.29, 1.82) is 0 Å². The van der Waals surface area contributed by atoms with Gasteiger partial charge in [-0.05, 0) is 0 Å². The number of hydrogen-bond donors (Lipinski definition) is 5. The second kappa shape index (κ2) is 5.04. The van der Waals surface area contributed by atoms with Crippen molar-refractivity contribution in [3.8, 4) is 0 Å². The Bertz CT molecular complexity index is 151. The number of carboxylic acid groups (broad SMARTS) is 1. The Kier molecular flexibility index (Phi) is 4.75. The van der Waals surface area contributed by atoms with E-state index in [0.29, 0.717) is 0 Å². The molecule has 0 fully saturated rings. The highest BCUT2D eigenvalue weighted by molar-refractivity contribution is 5.73. The Balaban J connectivity index is 3.83. The van der Waals surface area contributed by atoms with Gasteiger partial charge in [-0.1, -0.05) is 0 Å². The molecule has 0 bridgehead atoms. The molecule has 0 saturated carbocycles. The van der Waals surface area contributed by atoms with Crippen LogP contribution >= 0.6 is 0 Å². The van der Waals surface area contributed by atoms with Crippen LogP contribution in [0.5, 0.6) is 0 Å². The van der Waals surface area contributed by atoms with Crippen molar-refractivity contribution >= 4 is 5.97 Å². The van der Waals surface area contributed by atoms with E-state index in [1.807, 2.05) is 0 Å².